The van der Waals surface area contributed by atoms with Crippen LogP contribution >= 0.6 is 23.2 Å². The van der Waals surface area contributed by atoms with Crippen LogP contribution in [0.1, 0.15) is 0 Å². The Morgan fingerprint density at radius 2 is 1.33 bits per heavy atom. The van der Waals surface area contributed by atoms with Gasteiger partial charge in [0.25, 0.3) is 0 Å². The lowest BCUT2D eigenvalue weighted by atomic mass is 10.2. The number of nitrogens with zero attached hydrogens (tertiary/aromatic N) is 2. The molecule has 0 atom stereocenters. The summed E-state index contributed by atoms with van der Waals surface area (Å²) >= 11 is 12.6. The third-order valence-corrected chi connectivity index (χ3v) is 4.33. The van der Waals surface area contributed by atoms with Gasteiger partial charge in [-0.25, -0.2) is 0 Å². The lowest BCUT2D eigenvalue weighted by molar-refractivity contribution is 0.654. The van der Waals surface area contributed by atoms with Crippen molar-refractivity contribution in [2.45, 2.75) is 0 Å². The quantitative estimate of drug-likeness (QED) is 0.851. The number of piperazine rings is 1. The normalized spacial score (nSPS) is 15.3. The molecule has 0 spiro atoms. The second-order valence-corrected chi connectivity index (χ2v) is 5.96. The van der Waals surface area contributed by atoms with Crippen LogP contribution in [0.25, 0.3) is 0 Å². The number of para-hydroxylation sites is 1. The first-order valence-electron chi connectivity index (χ1n) is 6.94. The molecular weight excluding hydrogens is 305 g/mol. The van der Waals surface area contributed by atoms with Gasteiger partial charge in [-0.1, -0.05) is 41.4 Å². The highest BCUT2D eigenvalue weighted by molar-refractivity contribution is 6.39. The predicted molar refractivity (Wildman–Crippen MR) is 91.7 cm³/mol. The lowest BCUT2D eigenvalue weighted by Crippen LogP contribution is -2.46. The summed E-state index contributed by atoms with van der Waals surface area (Å²) in [7, 11) is 0. The molecule has 110 valence electrons. The summed E-state index contributed by atoms with van der Waals surface area (Å²) in [4.78, 5) is 4.60. The van der Waals surface area contributed by atoms with Crippen molar-refractivity contribution >= 4 is 40.3 Å². The van der Waals surface area contributed by atoms with Crippen LogP contribution in [0.15, 0.2) is 42.5 Å². The average Bonchev–Trinajstić information content (AvgIpc) is 2.48. The molecule has 0 bridgehead atoms. The maximum absolute atomic E-state index is 6.30. The number of rotatable bonds is 2. The fourth-order valence-corrected chi connectivity index (χ4v) is 3.46. The van der Waals surface area contributed by atoms with Crippen LogP contribution in [0, 0.1) is 0 Å². The average molecular weight is 322 g/mol. The van der Waals surface area contributed by atoms with E-state index in [9.17, 15) is 0 Å². The summed E-state index contributed by atoms with van der Waals surface area (Å²) in [5, 5.41) is 1.24. The van der Waals surface area contributed by atoms with Crippen molar-refractivity contribution in [1.82, 2.24) is 0 Å². The number of nitrogen functional groups attached to an aromatic ring is 1. The standard InChI is InChI=1S/C16H17Cl2N3/c17-14-10-12(19)11-15(18)16(14)21-8-6-20(7-9-21)13-4-2-1-3-5-13/h1-5,10-11H,6-9,19H2. The first-order chi connectivity index (χ1) is 10.1. The van der Waals surface area contributed by atoms with E-state index in [4.69, 9.17) is 28.9 Å². The van der Waals surface area contributed by atoms with Gasteiger partial charge in [0.05, 0.1) is 15.7 Å². The van der Waals surface area contributed by atoms with Crippen LogP contribution < -0.4 is 15.5 Å². The minimum absolute atomic E-state index is 0.594. The van der Waals surface area contributed by atoms with Gasteiger partial charge in [0.15, 0.2) is 0 Å². The van der Waals surface area contributed by atoms with Crippen LogP contribution in [0.2, 0.25) is 10.0 Å². The fourth-order valence-electron chi connectivity index (χ4n) is 2.71. The molecule has 2 N–H and O–H groups in total. The highest BCUT2D eigenvalue weighted by Gasteiger charge is 2.21. The van der Waals surface area contributed by atoms with Crippen molar-refractivity contribution in [3.05, 3.63) is 52.5 Å². The van der Waals surface area contributed by atoms with Crippen molar-refractivity contribution in [3.63, 3.8) is 0 Å². The molecule has 21 heavy (non-hydrogen) atoms. The van der Waals surface area contributed by atoms with E-state index in [1.54, 1.807) is 12.1 Å². The van der Waals surface area contributed by atoms with Crippen LogP contribution in [0.5, 0.6) is 0 Å². The van der Waals surface area contributed by atoms with E-state index in [-0.39, 0.29) is 0 Å². The number of halogens is 2. The van der Waals surface area contributed by atoms with Gasteiger partial charge in [-0.2, -0.15) is 0 Å². The minimum atomic E-state index is 0.594. The molecule has 1 aliphatic heterocycles. The molecule has 0 aromatic heterocycles. The van der Waals surface area contributed by atoms with E-state index < -0.39 is 0 Å². The molecule has 3 rings (SSSR count). The van der Waals surface area contributed by atoms with Crippen molar-refractivity contribution in [2.24, 2.45) is 0 Å². The van der Waals surface area contributed by atoms with Gasteiger partial charge in [-0.3, -0.25) is 0 Å². The molecule has 1 fully saturated rings. The SMILES string of the molecule is Nc1cc(Cl)c(N2CCN(c3ccccc3)CC2)c(Cl)c1. The zero-order valence-electron chi connectivity index (χ0n) is 11.6. The lowest BCUT2D eigenvalue weighted by Gasteiger charge is -2.38. The van der Waals surface area contributed by atoms with E-state index in [2.05, 4.69) is 34.1 Å². The second-order valence-electron chi connectivity index (χ2n) is 5.14. The fraction of sp³-hybridized carbons (Fsp3) is 0.250. The van der Waals surface area contributed by atoms with Gasteiger partial charge in [-0.05, 0) is 24.3 Å². The molecule has 0 unspecified atom stereocenters. The highest BCUT2D eigenvalue weighted by atomic mass is 35.5. The number of nitrogens with two attached hydrogens (primary N) is 1. The number of anilines is 3. The summed E-state index contributed by atoms with van der Waals surface area (Å²) in [5.74, 6) is 0. The Kier molecular flexibility index (Phi) is 4.13. The molecule has 2 aromatic carbocycles. The molecule has 1 aliphatic rings. The van der Waals surface area contributed by atoms with Crippen molar-refractivity contribution in [3.8, 4) is 0 Å². The largest absolute Gasteiger partial charge is 0.399 e. The van der Waals surface area contributed by atoms with Crippen LogP contribution in [-0.2, 0) is 0 Å². The molecule has 0 radical (unpaired) electrons. The van der Waals surface area contributed by atoms with Crippen LogP contribution in [-0.4, -0.2) is 26.2 Å². The van der Waals surface area contributed by atoms with E-state index in [0.717, 1.165) is 31.9 Å². The van der Waals surface area contributed by atoms with E-state index in [1.165, 1.54) is 5.69 Å². The van der Waals surface area contributed by atoms with Crippen molar-refractivity contribution < 1.29 is 0 Å². The van der Waals surface area contributed by atoms with Gasteiger partial charge in [-0.15, -0.1) is 0 Å². The Bertz CT molecular complexity index is 600. The Balaban J connectivity index is 1.75. The second kappa shape index (κ2) is 6.04. The maximum atomic E-state index is 6.30. The number of benzene rings is 2. The van der Waals surface area contributed by atoms with Gasteiger partial charge in [0.2, 0.25) is 0 Å². The monoisotopic (exact) mass is 321 g/mol. The number of hydrogen-bond acceptors (Lipinski definition) is 3. The highest BCUT2D eigenvalue weighted by Crippen LogP contribution is 2.36. The first-order valence-corrected chi connectivity index (χ1v) is 7.70. The molecule has 2 aromatic rings. The molecule has 1 saturated heterocycles. The van der Waals surface area contributed by atoms with Gasteiger partial charge in [0, 0.05) is 37.6 Å². The topological polar surface area (TPSA) is 32.5 Å². The summed E-state index contributed by atoms with van der Waals surface area (Å²) in [6, 6.07) is 14.0. The predicted octanol–water partition coefficient (Wildman–Crippen LogP) is 3.90. The smallest absolute Gasteiger partial charge is 0.0747 e. The Hall–Kier alpha value is -1.58. The first kappa shape index (κ1) is 14.4. The summed E-state index contributed by atoms with van der Waals surface area (Å²) in [5.41, 5.74) is 8.50. The Labute approximate surface area is 134 Å². The van der Waals surface area contributed by atoms with E-state index >= 15 is 0 Å². The van der Waals surface area contributed by atoms with Crippen LogP contribution in [0.3, 0.4) is 0 Å². The molecule has 0 amide bonds. The molecular formula is C16H17Cl2N3. The van der Waals surface area contributed by atoms with Gasteiger partial charge >= 0.3 is 0 Å². The molecule has 5 heteroatoms. The van der Waals surface area contributed by atoms with E-state index in [1.807, 2.05) is 6.07 Å². The van der Waals surface area contributed by atoms with Crippen LogP contribution in [0.4, 0.5) is 17.1 Å². The van der Waals surface area contributed by atoms with Crippen molar-refractivity contribution in [1.29, 1.82) is 0 Å². The maximum Gasteiger partial charge on any atom is 0.0747 e. The molecule has 1 heterocycles. The summed E-state index contributed by atoms with van der Waals surface area (Å²) in [6.07, 6.45) is 0. The Morgan fingerprint density at radius 1 is 0.810 bits per heavy atom. The van der Waals surface area contributed by atoms with Crippen molar-refractivity contribution in [2.75, 3.05) is 41.7 Å². The third-order valence-electron chi connectivity index (χ3n) is 3.76. The molecule has 0 saturated carbocycles. The summed E-state index contributed by atoms with van der Waals surface area (Å²) < 4.78 is 0. The van der Waals surface area contributed by atoms with Gasteiger partial charge in [0.1, 0.15) is 0 Å². The zero-order chi connectivity index (χ0) is 14.8. The summed E-state index contributed by atoms with van der Waals surface area (Å²) in [6.45, 7) is 3.67. The minimum Gasteiger partial charge on any atom is -0.399 e. The zero-order valence-corrected chi connectivity index (χ0v) is 13.1. The molecule has 3 nitrogen and oxygen atoms in total. The van der Waals surface area contributed by atoms with E-state index in [0.29, 0.717) is 15.7 Å². The Morgan fingerprint density at radius 3 is 1.90 bits per heavy atom. The van der Waals surface area contributed by atoms with Gasteiger partial charge < -0.3 is 15.5 Å². The molecule has 0 aliphatic carbocycles. The third kappa shape index (κ3) is 3.04. The number of hydrogen-bond donors (Lipinski definition) is 1.